The summed E-state index contributed by atoms with van der Waals surface area (Å²) in [7, 11) is 0. The number of aromatic nitrogens is 2. The van der Waals surface area contributed by atoms with E-state index < -0.39 is 0 Å². The van der Waals surface area contributed by atoms with Crippen LogP contribution in [0.2, 0.25) is 5.02 Å². The van der Waals surface area contributed by atoms with Gasteiger partial charge in [-0.05, 0) is 17.7 Å². The molecule has 0 amide bonds. The van der Waals surface area contributed by atoms with Gasteiger partial charge in [-0.15, -0.1) is 0 Å². The molecule has 1 aromatic heterocycles. The maximum Gasteiger partial charge on any atom is 0.131 e. The van der Waals surface area contributed by atoms with Gasteiger partial charge >= 0.3 is 0 Å². The standard InChI is InChI=1S/C15H17ClN4/c16-14-4-2-1-3-13(14)11-19-7-9-20(10-8-19)15-5-6-17-12-18-15/h1-6,12H,7-11H2. The second kappa shape index (κ2) is 6.20. The lowest BCUT2D eigenvalue weighted by molar-refractivity contribution is 0.249. The summed E-state index contributed by atoms with van der Waals surface area (Å²) >= 11 is 6.21. The van der Waals surface area contributed by atoms with Crippen molar-refractivity contribution in [3.05, 3.63) is 53.4 Å². The molecular formula is C15H17ClN4. The Morgan fingerprint density at radius 3 is 2.55 bits per heavy atom. The minimum atomic E-state index is 0.853. The molecule has 1 aliphatic heterocycles. The largest absolute Gasteiger partial charge is 0.354 e. The summed E-state index contributed by atoms with van der Waals surface area (Å²) in [6, 6.07) is 10.0. The number of halogens is 1. The quantitative estimate of drug-likeness (QED) is 0.868. The minimum Gasteiger partial charge on any atom is -0.354 e. The molecule has 0 aliphatic carbocycles. The van der Waals surface area contributed by atoms with Crippen molar-refractivity contribution in [2.45, 2.75) is 6.54 Å². The zero-order valence-corrected chi connectivity index (χ0v) is 12.0. The Hall–Kier alpha value is -1.65. The van der Waals surface area contributed by atoms with Crippen molar-refractivity contribution < 1.29 is 0 Å². The lowest BCUT2D eigenvalue weighted by atomic mass is 10.2. The summed E-state index contributed by atoms with van der Waals surface area (Å²) < 4.78 is 0. The van der Waals surface area contributed by atoms with Crippen LogP contribution >= 0.6 is 11.6 Å². The molecule has 0 bridgehead atoms. The fourth-order valence-electron chi connectivity index (χ4n) is 2.47. The van der Waals surface area contributed by atoms with E-state index in [1.165, 1.54) is 5.56 Å². The van der Waals surface area contributed by atoms with Gasteiger partial charge in [0, 0.05) is 43.9 Å². The number of piperazine rings is 1. The first kappa shape index (κ1) is 13.3. The molecule has 2 heterocycles. The average molecular weight is 289 g/mol. The number of hydrogen-bond donors (Lipinski definition) is 0. The summed E-state index contributed by atoms with van der Waals surface area (Å²) in [4.78, 5) is 13.0. The van der Waals surface area contributed by atoms with Crippen LogP contribution in [0.25, 0.3) is 0 Å². The van der Waals surface area contributed by atoms with Crippen LogP contribution in [0.4, 0.5) is 5.82 Å². The van der Waals surface area contributed by atoms with Crippen LogP contribution in [0.15, 0.2) is 42.9 Å². The van der Waals surface area contributed by atoms with Crippen LogP contribution in [0.3, 0.4) is 0 Å². The molecule has 0 unspecified atom stereocenters. The maximum atomic E-state index is 6.21. The number of nitrogens with zero attached hydrogens (tertiary/aromatic N) is 4. The van der Waals surface area contributed by atoms with Crippen LogP contribution in [-0.2, 0) is 6.54 Å². The monoisotopic (exact) mass is 288 g/mol. The fraction of sp³-hybridized carbons (Fsp3) is 0.333. The maximum absolute atomic E-state index is 6.21. The molecule has 0 saturated carbocycles. The van der Waals surface area contributed by atoms with Gasteiger partial charge in [-0.25, -0.2) is 9.97 Å². The molecule has 0 radical (unpaired) electrons. The van der Waals surface area contributed by atoms with E-state index in [4.69, 9.17) is 11.6 Å². The molecule has 2 aromatic rings. The van der Waals surface area contributed by atoms with Crippen LogP contribution in [0.1, 0.15) is 5.56 Å². The van der Waals surface area contributed by atoms with Gasteiger partial charge in [0.05, 0.1) is 0 Å². The van der Waals surface area contributed by atoms with E-state index in [1.54, 1.807) is 12.5 Å². The predicted octanol–water partition coefficient (Wildman–Crippen LogP) is 2.45. The third kappa shape index (κ3) is 3.08. The Balaban J connectivity index is 1.58. The van der Waals surface area contributed by atoms with E-state index in [0.717, 1.165) is 43.6 Å². The predicted molar refractivity (Wildman–Crippen MR) is 81.0 cm³/mol. The normalized spacial score (nSPS) is 16.4. The smallest absolute Gasteiger partial charge is 0.131 e. The second-order valence-electron chi connectivity index (χ2n) is 4.92. The van der Waals surface area contributed by atoms with Gasteiger partial charge in [-0.2, -0.15) is 0 Å². The van der Waals surface area contributed by atoms with Gasteiger partial charge < -0.3 is 4.90 Å². The lowest BCUT2D eigenvalue weighted by Crippen LogP contribution is -2.46. The molecule has 1 aliphatic rings. The summed E-state index contributed by atoms with van der Waals surface area (Å²) in [6.45, 7) is 4.94. The molecule has 1 fully saturated rings. The van der Waals surface area contributed by atoms with Gasteiger partial charge in [0.2, 0.25) is 0 Å². The topological polar surface area (TPSA) is 32.3 Å². The van der Waals surface area contributed by atoms with Crippen molar-refractivity contribution in [3.63, 3.8) is 0 Å². The van der Waals surface area contributed by atoms with Gasteiger partial charge in [0.15, 0.2) is 0 Å². The third-order valence-electron chi connectivity index (χ3n) is 3.61. The molecule has 3 rings (SSSR count). The number of benzene rings is 1. The van der Waals surface area contributed by atoms with Crippen LogP contribution in [0.5, 0.6) is 0 Å². The third-order valence-corrected chi connectivity index (χ3v) is 3.98. The molecule has 5 heteroatoms. The SMILES string of the molecule is Clc1ccccc1CN1CCN(c2ccncn2)CC1. The Morgan fingerprint density at radius 2 is 1.85 bits per heavy atom. The summed E-state index contributed by atoms with van der Waals surface area (Å²) in [6.07, 6.45) is 3.39. The molecule has 1 aromatic carbocycles. The first-order valence-corrected chi connectivity index (χ1v) is 7.17. The van der Waals surface area contributed by atoms with E-state index in [9.17, 15) is 0 Å². The van der Waals surface area contributed by atoms with Gasteiger partial charge in [-0.1, -0.05) is 29.8 Å². The molecule has 104 valence electrons. The number of anilines is 1. The highest BCUT2D eigenvalue weighted by Crippen LogP contribution is 2.19. The molecule has 0 atom stereocenters. The summed E-state index contributed by atoms with van der Waals surface area (Å²) in [5, 5.41) is 0.853. The van der Waals surface area contributed by atoms with Crippen molar-refractivity contribution in [3.8, 4) is 0 Å². The summed E-state index contributed by atoms with van der Waals surface area (Å²) in [5.41, 5.74) is 1.20. The van der Waals surface area contributed by atoms with Crippen LogP contribution in [0, 0.1) is 0 Å². The van der Waals surface area contributed by atoms with Gasteiger partial charge in [0.1, 0.15) is 12.1 Å². The Kier molecular flexibility index (Phi) is 4.14. The van der Waals surface area contributed by atoms with Crippen molar-refractivity contribution in [2.75, 3.05) is 31.1 Å². The first-order valence-electron chi connectivity index (χ1n) is 6.79. The van der Waals surface area contributed by atoms with Crippen molar-refractivity contribution in [1.29, 1.82) is 0 Å². The van der Waals surface area contributed by atoms with E-state index in [2.05, 4.69) is 25.8 Å². The molecule has 0 spiro atoms. The van der Waals surface area contributed by atoms with Crippen molar-refractivity contribution in [2.24, 2.45) is 0 Å². The average Bonchev–Trinajstić information content (AvgIpc) is 2.51. The zero-order chi connectivity index (χ0) is 13.8. The molecule has 20 heavy (non-hydrogen) atoms. The fourth-order valence-corrected chi connectivity index (χ4v) is 2.67. The Bertz CT molecular complexity index is 553. The number of hydrogen-bond acceptors (Lipinski definition) is 4. The zero-order valence-electron chi connectivity index (χ0n) is 11.2. The van der Waals surface area contributed by atoms with Crippen LogP contribution < -0.4 is 4.90 Å². The van der Waals surface area contributed by atoms with E-state index in [0.29, 0.717) is 0 Å². The summed E-state index contributed by atoms with van der Waals surface area (Å²) in [5.74, 6) is 1.01. The van der Waals surface area contributed by atoms with E-state index in [1.807, 2.05) is 24.3 Å². The second-order valence-corrected chi connectivity index (χ2v) is 5.33. The molecular weight excluding hydrogens is 272 g/mol. The Morgan fingerprint density at radius 1 is 1.05 bits per heavy atom. The van der Waals surface area contributed by atoms with E-state index in [-0.39, 0.29) is 0 Å². The molecule has 4 nitrogen and oxygen atoms in total. The number of rotatable bonds is 3. The lowest BCUT2D eigenvalue weighted by Gasteiger charge is -2.35. The highest BCUT2D eigenvalue weighted by atomic mass is 35.5. The van der Waals surface area contributed by atoms with Crippen molar-refractivity contribution in [1.82, 2.24) is 14.9 Å². The first-order chi connectivity index (χ1) is 9.83. The highest BCUT2D eigenvalue weighted by Gasteiger charge is 2.18. The van der Waals surface area contributed by atoms with Gasteiger partial charge in [-0.3, -0.25) is 4.90 Å². The van der Waals surface area contributed by atoms with Crippen LogP contribution in [-0.4, -0.2) is 41.0 Å². The van der Waals surface area contributed by atoms with Crippen molar-refractivity contribution >= 4 is 17.4 Å². The van der Waals surface area contributed by atoms with E-state index >= 15 is 0 Å². The minimum absolute atomic E-state index is 0.853. The molecule has 0 N–H and O–H groups in total. The van der Waals surface area contributed by atoms with Gasteiger partial charge in [0.25, 0.3) is 0 Å². The Labute approximate surface area is 124 Å². The highest BCUT2D eigenvalue weighted by molar-refractivity contribution is 6.31. The molecule has 1 saturated heterocycles.